The third-order valence-electron chi connectivity index (χ3n) is 5.56. The Hall–Kier alpha value is -2.47. The van der Waals surface area contributed by atoms with E-state index in [2.05, 4.69) is 17.1 Å². The summed E-state index contributed by atoms with van der Waals surface area (Å²) >= 11 is 1.38. The summed E-state index contributed by atoms with van der Waals surface area (Å²) < 4.78 is 10.9. The molecule has 0 N–H and O–H groups in total. The standard InChI is InChI=1S/C23H26N2O3S/c1-27-19-10-8-17(9-11-19)6-7-18-12-14-25(15-13-18)22(26)16-29-23-24-20-4-2-3-5-21(20)28-23/h2-5,8-11,18H,6-7,12-16H2,1H3. The van der Waals surface area contributed by atoms with E-state index in [-0.39, 0.29) is 5.91 Å². The first-order valence-corrected chi connectivity index (χ1v) is 11.1. The first kappa shape index (κ1) is 19.8. The van der Waals surface area contributed by atoms with Crippen LogP contribution >= 0.6 is 11.8 Å². The second-order valence-corrected chi connectivity index (χ2v) is 8.37. The first-order chi connectivity index (χ1) is 14.2. The summed E-state index contributed by atoms with van der Waals surface area (Å²) in [6.07, 6.45) is 4.41. The topological polar surface area (TPSA) is 55.6 Å². The van der Waals surface area contributed by atoms with Crippen molar-refractivity contribution in [2.45, 2.75) is 30.9 Å². The average Bonchev–Trinajstić information content (AvgIpc) is 3.20. The van der Waals surface area contributed by atoms with E-state index in [1.54, 1.807) is 7.11 Å². The number of carbonyl (C=O) groups excluding carboxylic acids is 1. The summed E-state index contributed by atoms with van der Waals surface area (Å²) in [6, 6.07) is 16.0. The molecule has 1 aliphatic rings. The van der Waals surface area contributed by atoms with E-state index in [0.29, 0.717) is 16.9 Å². The third kappa shape index (κ3) is 5.12. The third-order valence-corrected chi connectivity index (χ3v) is 6.37. The molecular weight excluding hydrogens is 384 g/mol. The molecule has 2 aromatic carbocycles. The van der Waals surface area contributed by atoms with Crippen LogP contribution in [0.15, 0.2) is 58.2 Å². The number of piperidine rings is 1. The zero-order valence-electron chi connectivity index (χ0n) is 16.7. The van der Waals surface area contributed by atoms with Crippen LogP contribution in [0.4, 0.5) is 0 Å². The lowest BCUT2D eigenvalue weighted by Crippen LogP contribution is -2.39. The van der Waals surface area contributed by atoms with Gasteiger partial charge in [0, 0.05) is 13.1 Å². The number of nitrogens with zero attached hydrogens (tertiary/aromatic N) is 2. The van der Waals surface area contributed by atoms with Gasteiger partial charge in [-0.25, -0.2) is 4.98 Å². The predicted molar refractivity (Wildman–Crippen MR) is 115 cm³/mol. The molecule has 1 amide bonds. The fourth-order valence-electron chi connectivity index (χ4n) is 3.76. The number of para-hydroxylation sites is 2. The van der Waals surface area contributed by atoms with Gasteiger partial charge in [-0.2, -0.15) is 0 Å². The number of amides is 1. The van der Waals surface area contributed by atoms with Crippen molar-refractivity contribution in [1.82, 2.24) is 9.88 Å². The number of likely N-dealkylation sites (tertiary alicyclic amines) is 1. The van der Waals surface area contributed by atoms with Crippen LogP contribution in [0.5, 0.6) is 5.75 Å². The molecule has 2 heterocycles. The largest absolute Gasteiger partial charge is 0.497 e. The predicted octanol–water partition coefficient (Wildman–Crippen LogP) is 4.80. The van der Waals surface area contributed by atoms with Crippen molar-refractivity contribution in [3.63, 3.8) is 0 Å². The van der Waals surface area contributed by atoms with Crippen molar-refractivity contribution in [3.05, 3.63) is 54.1 Å². The molecule has 5 nitrogen and oxygen atoms in total. The quantitative estimate of drug-likeness (QED) is 0.524. The van der Waals surface area contributed by atoms with Gasteiger partial charge in [0.2, 0.25) is 5.91 Å². The van der Waals surface area contributed by atoms with E-state index in [0.717, 1.165) is 49.2 Å². The maximum Gasteiger partial charge on any atom is 0.257 e. The number of carbonyl (C=O) groups is 1. The van der Waals surface area contributed by atoms with Crippen LogP contribution in [0.2, 0.25) is 0 Å². The van der Waals surface area contributed by atoms with Crippen molar-refractivity contribution in [2.24, 2.45) is 5.92 Å². The van der Waals surface area contributed by atoms with Gasteiger partial charge in [0.05, 0.1) is 12.9 Å². The van der Waals surface area contributed by atoms with Crippen LogP contribution in [0, 0.1) is 5.92 Å². The average molecular weight is 411 g/mol. The number of fused-ring (bicyclic) bond motifs is 1. The van der Waals surface area contributed by atoms with Crippen molar-refractivity contribution in [3.8, 4) is 5.75 Å². The van der Waals surface area contributed by atoms with Gasteiger partial charge in [-0.1, -0.05) is 36.0 Å². The summed E-state index contributed by atoms with van der Waals surface area (Å²) in [6.45, 7) is 1.69. The summed E-state index contributed by atoms with van der Waals surface area (Å²) in [7, 11) is 1.69. The van der Waals surface area contributed by atoms with Crippen LogP contribution in [0.3, 0.4) is 0 Å². The smallest absolute Gasteiger partial charge is 0.257 e. The molecule has 1 fully saturated rings. The van der Waals surface area contributed by atoms with Gasteiger partial charge in [-0.15, -0.1) is 0 Å². The molecule has 0 aliphatic carbocycles. The number of aromatic nitrogens is 1. The number of methoxy groups -OCH3 is 1. The maximum absolute atomic E-state index is 12.6. The normalized spacial score (nSPS) is 15.0. The Balaban J connectivity index is 1.19. The number of rotatable bonds is 7. The fourth-order valence-corrected chi connectivity index (χ4v) is 4.50. The van der Waals surface area contributed by atoms with Crippen LogP contribution in [-0.4, -0.2) is 41.7 Å². The van der Waals surface area contributed by atoms with Gasteiger partial charge in [-0.05, 0) is 61.4 Å². The number of thioether (sulfide) groups is 1. The monoisotopic (exact) mass is 410 g/mol. The van der Waals surface area contributed by atoms with Gasteiger partial charge in [0.15, 0.2) is 5.58 Å². The van der Waals surface area contributed by atoms with Crippen molar-refractivity contribution < 1.29 is 13.9 Å². The number of ether oxygens (including phenoxy) is 1. The van der Waals surface area contributed by atoms with Crippen LogP contribution in [0.25, 0.3) is 11.1 Å². The number of benzene rings is 2. The molecule has 3 aromatic rings. The van der Waals surface area contributed by atoms with E-state index >= 15 is 0 Å². The van der Waals surface area contributed by atoms with Crippen molar-refractivity contribution in [1.29, 1.82) is 0 Å². The summed E-state index contributed by atoms with van der Waals surface area (Å²) in [5.41, 5.74) is 2.94. The van der Waals surface area contributed by atoms with Gasteiger partial charge in [0.25, 0.3) is 5.22 Å². The highest BCUT2D eigenvalue weighted by Gasteiger charge is 2.23. The molecule has 1 aromatic heterocycles. The second-order valence-electron chi connectivity index (χ2n) is 7.45. The Kier molecular flexibility index (Phi) is 6.39. The van der Waals surface area contributed by atoms with E-state index in [1.807, 2.05) is 41.3 Å². The molecule has 1 aliphatic heterocycles. The zero-order valence-corrected chi connectivity index (χ0v) is 17.5. The van der Waals surface area contributed by atoms with Gasteiger partial charge in [0.1, 0.15) is 11.3 Å². The van der Waals surface area contributed by atoms with E-state index in [1.165, 1.54) is 23.7 Å². The Labute approximate surface area is 175 Å². The van der Waals surface area contributed by atoms with Crippen LogP contribution < -0.4 is 4.74 Å². The molecule has 6 heteroatoms. The van der Waals surface area contributed by atoms with E-state index in [4.69, 9.17) is 9.15 Å². The second kappa shape index (κ2) is 9.35. The van der Waals surface area contributed by atoms with Crippen molar-refractivity contribution >= 4 is 28.8 Å². The molecule has 152 valence electrons. The molecule has 29 heavy (non-hydrogen) atoms. The van der Waals surface area contributed by atoms with E-state index < -0.39 is 0 Å². The Morgan fingerprint density at radius 1 is 1.17 bits per heavy atom. The molecule has 0 bridgehead atoms. The Bertz CT molecular complexity index is 913. The van der Waals surface area contributed by atoms with E-state index in [9.17, 15) is 4.79 Å². The minimum Gasteiger partial charge on any atom is -0.497 e. The highest BCUT2D eigenvalue weighted by molar-refractivity contribution is 7.99. The zero-order chi connectivity index (χ0) is 20.1. The fraction of sp³-hybridized carbons (Fsp3) is 0.391. The molecule has 0 atom stereocenters. The summed E-state index contributed by atoms with van der Waals surface area (Å²) in [4.78, 5) is 19.0. The van der Waals surface area contributed by atoms with Gasteiger partial charge in [-0.3, -0.25) is 4.79 Å². The maximum atomic E-state index is 12.6. The number of aryl methyl sites for hydroxylation is 1. The summed E-state index contributed by atoms with van der Waals surface area (Å²) in [5.74, 6) is 2.14. The SMILES string of the molecule is COc1ccc(CCC2CCN(C(=O)CSc3nc4ccccc4o3)CC2)cc1. The lowest BCUT2D eigenvalue weighted by Gasteiger charge is -2.32. The molecular formula is C23H26N2O3S. The van der Waals surface area contributed by atoms with Crippen LogP contribution in [0.1, 0.15) is 24.8 Å². The van der Waals surface area contributed by atoms with Crippen LogP contribution in [-0.2, 0) is 11.2 Å². The van der Waals surface area contributed by atoms with Gasteiger partial charge >= 0.3 is 0 Å². The first-order valence-electron chi connectivity index (χ1n) is 10.1. The number of oxazole rings is 1. The lowest BCUT2D eigenvalue weighted by molar-refractivity contribution is -0.129. The highest BCUT2D eigenvalue weighted by atomic mass is 32.2. The molecule has 0 unspecified atom stereocenters. The molecule has 1 saturated heterocycles. The highest BCUT2D eigenvalue weighted by Crippen LogP contribution is 2.26. The molecule has 0 radical (unpaired) electrons. The number of hydrogen-bond acceptors (Lipinski definition) is 5. The number of hydrogen-bond donors (Lipinski definition) is 0. The van der Waals surface area contributed by atoms with Gasteiger partial charge < -0.3 is 14.1 Å². The molecule has 0 saturated carbocycles. The minimum absolute atomic E-state index is 0.172. The Morgan fingerprint density at radius 3 is 2.66 bits per heavy atom. The minimum atomic E-state index is 0.172. The Morgan fingerprint density at radius 2 is 1.93 bits per heavy atom. The molecule has 0 spiro atoms. The molecule has 4 rings (SSSR count). The summed E-state index contributed by atoms with van der Waals surface area (Å²) in [5, 5.41) is 0.564. The van der Waals surface area contributed by atoms with Crippen molar-refractivity contribution in [2.75, 3.05) is 26.0 Å². The lowest BCUT2D eigenvalue weighted by atomic mass is 9.90.